The molecule has 3 heteroatoms. The molecule has 0 radical (unpaired) electrons. The number of hydrogen-bond donors (Lipinski definition) is 0. The second-order valence-electron chi connectivity index (χ2n) is 10.7. The van der Waals surface area contributed by atoms with Gasteiger partial charge in [0.05, 0.1) is 6.61 Å². The lowest BCUT2D eigenvalue weighted by molar-refractivity contribution is 0.314. The summed E-state index contributed by atoms with van der Waals surface area (Å²) in [6, 6.07) is 12.6. The van der Waals surface area contributed by atoms with Gasteiger partial charge in [-0.05, 0) is 118 Å². The van der Waals surface area contributed by atoms with E-state index in [9.17, 15) is 8.78 Å². The normalized spacial score (nSPS) is 22.6. The number of benzene rings is 2. The highest BCUT2D eigenvalue weighted by Gasteiger charge is 2.22. The van der Waals surface area contributed by atoms with Crippen molar-refractivity contribution in [2.24, 2.45) is 11.8 Å². The quantitative estimate of drug-likeness (QED) is 0.300. The first-order valence-electron chi connectivity index (χ1n) is 14.1. The van der Waals surface area contributed by atoms with E-state index >= 15 is 0 Å². The number of rotatable bonds is 10. The number of hydrogen-bond acceptors (Lipinski definition) is 1. The minimum Gasteiger partial charge on any atom is -0.491 e. The fourth-order valence-corrected chi connectivity index (χ4v) is 5.95. The van der Waals surface area contributed by atoms with E-state index in [1.165, 1.54) is 56.1 Å². The molecule has 0 saturated heterocycles. The van der Waals surface area contributed by atoms with E-state index in [0.717, 1.165) is 43.1 Å². The number of halogens is 2. The maximum atomic E-state index is 14.6. The molecule has 4 rings (SSSR count). The molecule has 0 aliphatic heterocycles. The molecule has 194 valence electrons. The minimum absolute atomic E-state index is 0.00521. The van der Waals surface area contributed by atoms with Crippen LogP contribution in [-0.2, 0) is 6.42 Å². The molecule has 0 aromatic heterocycles. The molecule has 1 nitrogen and oxygen atoms in total. The van der Waals surface area contributed by atoms with E-state index in [4.69, 9.17) is 4.74 Å². The van der Waals surface area contributed by atoms with Crippen molar-refractivity contribution in [1.82, 2.24) is 0 Å². The first kappa shape index (κ1) is 26.6. The summed E-state index contributed by atoms with van der Waals surface area (Å²) in [6.07, 6.45) is 19.6. The molecule has 1 atom stereocenters. The average molecular weight is 493 g/mol. The van der Waals surface area contributed by atoms with E-state index in [-0.39, 0.29) is 5.75 Å². The Balaban J connectivity index is 1.19. The van der Waals surface area contributed by atoms with Crippen LogP contribution in [0.2, 0.25) is 0 Å². The van der Waals surface area contributed by atoms with Crippen LogP contribution in [0.25, 0.3) is 5.57 Å². The Morgan fingerprint density at radius 2 is 1.69 bits per heavy atom. The Kier molecular flexibility index (Phi) is 9.78. The molecule has 1 unspecified atom stereocenters. The molecule has 2 aromatic rings. The molecule has 0 spiro atoms. The van der Waals surface area contributed by atoms with Gasteiger partial charge in [-0.3, -0.25) is 0 Å². The van der Waals surface area contributed by atoms with Gasteiger partial charge in [0.1, 0.15) is 0 Å². The van der Waals surface area contributed by atoms with Crippen molar-refractivity contribution in [2.75, 3.05) is 6.61 Å². The highest BCUT2D eigenvalue weighted by molar-refractivity contribution is 5.67. The smallest absolute Gasteiger partial charge is 0.201 e. The summed E-state index contributed by atoms with van der Waals surface area (Å²) in [5.41, 5.74) is 4.30. The van der Waals surface area contributed by atoms with Crippen molar-refractivity contribution in [3.05, 3.63) is 83.0 Å². The summed E-state index contributed by atoms with van der Waals surface area (Å²) in [5, 5.41) is 0. The van der Waals surface area contributed by atoms with Crippen LogP contribution in [-0.4, -0.2) is 6.61 Å². The van der Waals surface area contributed by atoms with Crippen molar-refractivity contribution in [2.45, 2.75) is 90.4 Å². The standard InChI is InChI=1S/C33H42F2O/c1-3-7-24-10-16-27(17-11-24)28-18-12-25(13-19-28)8-5-6-9-26-14-20-29(21-15-26)30-22-23-31(36-4-2)33(35)32(30)34/h5,8,10-11,16-17,20,22-23,25-26,28H,3-4,6-7,9,12-15,18-19,21H2,1-2H3/b8-5+. The number of ether oxygens (including phenoxy) is 1. The minimum atomic E-state index is -0.874. The van der Waals surface area contributed by atoms with Gasteiger partial charge in [-0.15, -0.1) is 0 Å². The summed E-state index contributed by atoms with van der Waals surface area (Å²) < 4.78 is 34.0. The first-order valence-corrected chi connectivity index (χ1v) is 14.1. The fraction of sp³-hybridized carbons (Fsp3) is 0.515. The average Bonchev–Trinajstić information content (AvgIpc) is 2.91. The van der Waals surface area contributed by atoms with Gasteiger partial charge in [0, 0.05) is 5.56 Å². The Morgan fingerprint density at radius 3 is 2.36 bits per heavy atom. The zero-order valence-electron chi connectivity index (χ0n) is 22.1. The first-order chi connectivity index (χ1) is 17.6. The Labute approximate surface area is 216 Å². The molecule has 1 saturated carbocycles. The van der Waals surface area contributed by atoms with Gasteiger partial charge in [0.2, 0.25) is 5.82 Å². The molecule has 0 bridgehead atoms. The molecule has 2 aliphatic rings. The molecule has 1 fully saturated rings. The molecule has 2 aliphatic carbocycles. The highest BCUT2D eigenvalue weighted by Crippen LogP contribution is 2.38. The third-order valence-electron chi connectivity index (χ3n) is 8.12. The lowest BCUT2D eigenvalue weighted by Crippen LogP contribution is -2.11. The summed E-state index contributed by atoms with van der Waals surface area (Å²) in [5.74, 6) is 0.409. The van der Waals surface area contributed by atoms with E-state index in [2.05, 4.69) is 49.4 Å². The van der Waals surface area contributed by atoms with E-state index in [1.807, 2.05) is 0 Å². The molecule has 2 aromatic carbocycles. The van der Waals surface area contributed by atoms with Crippen LogP contribution in [0.4, 0.5) is 8.78 Å². The maximum absolute atomic E-state index is 14.6. The van der Waals surface area contributed by atoms with Gasteiger partial charge in [-0.1, -0.05) is 55.8 Å². The summed E-state index contributed by atoms with van der Waals surface area (Å²) >= 11 is 0. The van der Waals surface area contributed by atoms with Gasteiger partial charge >= 0.3 is 0 Å². The van der Waals surface area contributed by atoms with Gasteiger partial charge in [-0.2, -0.15) is 4.39 Å². The van der Waals surface area contributed by atoms with Crippen molar-refractivity contribution >= 4 is 5.57 Å². The molecule has 0 amide bonds. The lowest BCUT2D eigenvalue weighted by Gasteiger charge is -2.27. The fourth-order valence-electron chi connectivity index (χ4n) is 5.95. The van der Waals surface area contributed by atoms with E-state index in [1.54, 1.807) is 19.1 Å². The van der Waals surface area contributed by atoms with Crippen LogP contribution < -0.4 is 4.74 Å². The molecular formula is C33H42F2O. The van der Waals surface area contributed by atoms with Crippen molar-refractivity contribution in [3.63, 3.8) is 0 Å². The van der Waals surface area contributed by atoms with E-state index in [0.29, 0.717) is 18.1 Å². The van der Waals surface area contributed by atoms with Crippen LogP contribution in [0.3, 0.4) is 0 Å². The third-order valence-corrected chi connectivity index (χ3v) is 8.12. The molecule has 0 heterocycles. The Bertz CT molecular complexity index is 1030. The summed E-state index contributed by atoms with van der Waals surface area (Å²) in [7, 11) is 0. The van der Waals surface area contributed by atoms with Gasteiger partial charge < -0.3 is 4.74 Å². The lowest BCUT2D eigenvalue weighted by atomic mass is 9.78. The summed E-state index contributed by atoms with van der Waals surface area (Å²) in [6.45, 7) is 4.33. The highest BCUT2D eigenvalue weighted by atomic mass is 19.2. The Morgan fingerprint density at radius 1 is 0.917 bits per heavy atom. The topological polar surface area (TPSA) is 9.23 Å². The van der Waals surface area contributed by atoms with Crippen molar-refractivity contribution in [3.8, 4) is 5.75 Å². The van der Waals surface area contributed by atoms with E-state index < -0.39 is 11.6 Å². The monoisotopic (exact) mass is 492 g/mol. The predicted octanol–water partition coefficient (Wildman–Crippen LogP) is 9.81. The van der Waals surface area contributed by atoms with Crippen molar-refractivity contribution in [1.29, 1.82) is 0 Å². The van der Waals surface area contributed by atoms with Crippen LogP contribution in [0.15, 0.2) is 54.6 Å². The van der Waals surface area contributed by atoms with Crippen LogP contribution in [0, 0.1) is 23.5 Å². The number of aryl methyl sites for hydroxylation is 1. The number of allylic oxidation sites excluding steroid dienone is 4. The maximum Gasteiger partial charge on any atom is 0.201 e. The van der Waals surface area contributed by atoms with Gasteiger partial charge in [0.25, 0.3) is 0 Å². The van der Waals surface area contributed by atoms with Crippen LogP contribution >= 0.6 is 0 Å². The largest absolute Gasteiger partial charge is 0.491 e. The summed E-state index contributed by atoms with van der Waals surface area (Å²) in [4.78, 5) is 0. The van der Waals surface area contributed by atoms with Crippen LogP contribution in [0.1, 0.15) is 101 Å². The zero-order valence-corrected chi connectivity index (χ0v) is 22.1. The van der Waals surface area contributed by atoms with Crippen molar-refractivity contribution < 1.29 is 13.5 Å². The second-order valence-corrected chi connectivity index (χ2v) is 10.7. The van der Waals surface area contributed by atoms with Gasteiger partial charge in [0.15, 0.2) is 11.6 Å². The van der Waals surface area contributed by atoms with Gasteiger partial charge in [-0.25, -0.2) is 4.39 Å². The molecule has 36 heavy (non-hydrogen) atoms. The Hall–Kier alpha value is -2.42. The molecule has 0 N–H and O–H groups in total. The third kappa shape index (κ3) is 6.87. The predicted molar refractivity (Wildman–Crippen MR) is 146 cm³/mol. The SMILES string of the molecule is CCCc1ccc(C2CCC(/C=C/CCC3CC=C(c4ccc(OCC)c(F)c4F)CC3)CC2)cc1. The zero-order chi connectivity index (χ0) is 25.3. The van der Waals surface area contributed by atoms with Crippen LogP contribution in [0.5, 0.6) is 5.75 Å². The second kappa shape index (κ2) is 13.2. The molecular weight excluding hydrogens is 450 g/mol.